The average molecular weight is 503 g/mol. The summed E-state index contributed by atoms with van der Waals surface area (Å²) >= 11 is 0. The molecule has 1 aliphatic heterocycles. The third-order valence-electron chi connectivity index (χ3n) is 6.84. The van der Waals surface area contributed by atoms with Gasteiger partial charge in [0.15, 0.2) is 17.0 Å². The lowest BCUT2D eigenvalue weighted by Crippen LogP contribution is -2.67. The van der Waals surface area contributed by atoms with Crippen LogP contribution >= 0.6 is 0 Å². The molecular formula is C22H20F7N5O. The zero-order chi connectivity index (χ0) is 25.2. The summed E-state index contributed by atoms with van der Waals surface area (Å²) in [6, 6.07) is 6.22. The van der Waals surface area contributed by atoms with Crippen molar-refractivity contribution in [1.29, 1.82) is 0 Å². The van der Waals surface area contributed by atoms with E-state index < -0.39 is 47.4 Å². The van der Waals surface area contributed by atoms with Crippen molar-refractivity contribution in [3.8, 4) is 0 Å². The minimum Gasteiger partial charge on any atom is -0.392 e. The maximum atomic E-state index is 13.5. The van der Waals surface area contributed by atoms with E-state index >= 15 is 0 Å². The smallest absolute Gasteiger partial charge is 0.392 e. The monoisotopic (exact) mass is 503 g/mol. The summed E-state index contributed by atoms with van der Waals surface area (Å²) in [6.45, 7) is 1.07. The first-order valence-corrected chi connectivity index (χ1v) is 10.8. The first-order valence-electron chi connectivity index (χ1n) is 10.8. The van der Waals surface area contributed by atoms with Gasteiger partial charge < -0.3 is 10.4 Å². The van der Waals surface area contributed by atoms with Gasteiger partial charge in [-0.2, -0.15) is 36.0 Å². The number of nitrogens with zero attached hydrogens (tertiary/aromatic N) is 4. The molecular weight excluding hydrogens is 483 g/mol. The minimum atomic E-state index is -4.89. The topological polar surface area (TPSA) is 65.7 Å². The van der Waals surface area contributed by atoms with Crippen molar-refractivity contribution in [2.75, 3.05) is 25.0 Å². The van der Waals surface area contributed by atoms with E-state index in [4.69, 9.17) is 0 Å². The number of anilines is 1. The maximum Gasteiger partial charge on any atom is 0.435 e. The molecule has 1 saturated heterocycles. The van der Waals surface area contributed by atoms with Gasteiger partial charge in [-0.15, -0.1) is 0 Å². The number of hydrogen-bond acceptors (Lipinski definition) is 5. The number of halogens is 7. The van der Waals surface area contributed by atoms with Gasteiger partial charge >= 0.3 is 12.4 Å². The summed E-state index contributed by atoms with van der Waals surface area (Å²) in [7, 11) is 0. The Kier molecular flexibility index (Phi) is 5.47. The molecule has 2 N–H and O–H groups in total. The normalized spacial score (nSPS) is 21.1. The molecule has 2 unspecified atom stereocenters. The van der Waals surface area contributed by atoms with Gasteiger partial charge in [-0.3, -0.25) is 4.90 Å². The van der Waals surface area contributed by atoms with Crippen molar-refractivity contribution >= 4 is 11.5 Å². The van der Waals surface area contributed by atoms with E-state index in [0.29, 0.717) is 41.7 Å². The van der Waals surface area contributed by atoms with E-state index in [1.54, 1.807) is 12.1 Å². The molecule has 2 aromatic heterocycles. The summed E-state index contributed by atoms with van der Waals surface area (Å²) in [5.41, 5.74) is -2.89. The molecule has 0 radical (unpaired) electrons. The van der Waals surface area contributed by atoms with Gasteiger partial charge in [0.05, 0.1) is 12.1 Å². The molecule has 35 heavy (non-hydrogen) atoms. The quantitative estimate of drug-likeness (QED) is 0.502. The number of aliphatic hydroxyl groups excluding tert-OH is 1. The summed E-state index contributed by atoms with van der Waals surface area (Å²) in [4.78, 5) is 5.30. The van der Waals surface area contributed by atoms with Crippen molar-refractivity contribution in [3.63, 3.8) is 0 Å². The maximum absolute atomic E-state index is 13.5. The SMILES string of the molecule is OC1CCC12CN(C(CNc1cc(C(F)(F)F)nc3cc(C(F)(F)F)nn13)c1ccc(F)cc1)C2. The predicted octanol–water partition coefficient (Wildman–Crippen LogP) is 4.52. The Bertz CT molecular complexity index is 1230. The Morgan fingerprint density at radius 1 is 1.03 bits per heavy atom. The average Bonchev–Trinajstić information content (AvgIpc) is 3.19. The summed E-state index contributed by atoms with van der Waals surface area (Å²) in [6.07, 6.45) is -8.64. The lowest BCUT2D eigenvalue weighted by Gasteiger charge is -2.60. The molecule has 1 saturated carbocycles. The molecule has 5 rings (SSSR count). The van der Waals surface area contributed by atoms with Crippen LogP contribution in [0.4, 0.5) is 36.6 Å². The zero-order valence-corrected chi connectivity index (χ0v) is 18.0. The Morgan fingerprint density at radius 2 is 1.69 bits per heavy atom. The van der Waals surface area contributed by atoms with Gasteiger partial charge in [-0.05, 0) is 30.5 Å². The highest BCUT2D eigenvalue weighted by atomic mass is 19.4. The number of likely N-dealkylation sites (tertiary alicyclic amines) is 1. The lowest BCUT2D eigenvalue weighted by atomic mass is 9.60. The Balaban J connectivity index is 1.47. The van der Waals surface area contributed by atoms with E-state index in [0.717, 1.165) is 6.42 Å². The predicted molar refractivity (Wildman–Crippen MR) is 110 cm³/mol. The first-order chi connectivity index (χ1) is 16.4. The van der Waals surface area contributed by atoms with Crippen molar-refractivity contribution in [2.45, 2.75) is 37.3 Å². The van der Waals surface area contributed by atoms with Gasteiger partial charge in [-0.1, -0.05) is 12.1 Å². The Morgan fingerprint density at radius 3 is 2.23 bits per heavy atom. The summed E-state index contributed by atoms with van der Waals surface area (Å²) < 4.78 is 93.8. The van der Waals surface area contributed by atoms with E-state index in [9.17, 15) is 35.8 Å². The van der Waals surface area contributed by atoms with Gasteiger partial charge in [0, 0.05) is 37.2 Å². The fourth-order valence-corrected chi connectivity index (χ4v) is 4.76. The second-order valence-electron chi connectivity index (χ2n) is 9.09. The van der Waals surface area contributed by atoms with Crippen LogP contribution in [0, 0.1) is 11.2 Å². The molecule has 2 aliphatic rings. The molecule has 1 spiro atoms. The van der Waals surface area contributed by atoms with Gasteiger partial charge in [0.25, 0.3) is 0 Å². The van der Waals surface area contributed by atoms with Crippen LogP contribution in [0.2, 0.25) is 0 Å². The van der Waals surface area contributed by atoms with Gasteiger partial charge in [0.2, 0.25) is 0 Å². The molecule has 2 atom stereocenters. The number of aromatic nitrogens is 3. The number of hydrogen-bond donors (Lipinski definition) is 2. The highest BCUT2D eigenvalue weighted by molar-refractivity contribution is 5.51. The second-order valence-corrected chi connectivity index (χ2v) is 9.09. The highest BCUT2D eigenvalue weighted by Gasteiger charge is 2.55. The number of aliphatic hydroxyl groups is 1. The second kappa shape index (κ2) is 8.05. The molecule has 1 aliphatic carbocycles. The van der Waals surface area contributed by atoms with Gasteiger partial charge in [-0.25, -0.2) is 9.37 Å². The Labute approximate surface area is 194 Å². The fraction of sp³-hybridized carbons (Fsp3) is 0.455. The van der Waals surface area contributed by atoms with Crippen molar-refractivity contribution in [2.24, 2.45) is 5.41 Å². The number of alkyl halides is 6. The largest absolute Gasteiger partial charge is 0.435 e. The first kappa shape index (κ1) is 23.8. The van der Waals surface area contributed by atoms with Crippen LogP contribution < -0.4 is 5.32 Å². The molecule has 0 amide bonds. The van der Waals surface area contributed by atoms with Crippen molar-refractivity contribution in [3.05, 3.63) is 59.2 Å². The number of nitrogens with one attached hydrogen (secondary N) is 1. The van der Waals surface area contributed by atoms with E-state index in [2.05, 4.69) is 15.4 Å². The van der Waals surface area contributed by atoms with Crippen molar-refractivity contribution in [1.82, 2.24) is 19.5 Å². The lowest BCUT2D eigenvalue weighted by molar-refractivity contribution is -0.169. The zero-order valence-electron chi connectivity index (χ0n) is 18.0. The summed E-state index contributed by atoms with van der Waals surface area (Å²) in [5.74, 6) is -0.777. The van der Waals surface area contributed by atoms with Gasteiger partial charge in [0.1, 0.15) is 11.6 Å². The molecule has 13 heteroatoms. The fourth-order valence-electron chi connectivity index (χ4n) is 4.76. The molecule has 188 valence electrons. The molecule has 3 heterocycles. The van der Waals surface area contributed by atoms with Crippen LogP contribution in [0.1, 0.15) is 35.8 Å². The summed E-state index contributed by atoms with van der Waals surface area (Å²) in [5, 5.41) is 16.3. The van der Waals surface area contributed by atoms with Crippen LogP contribution in [0.5, 0.6) is 0 Å². The number of benzene rings is 1. The number of rotatable bonds is 5. The minimum absolute atomic E-state index is 0.00453. The van der Waals surface area contributed by atoms with Crippen LogP contribution in [-0.4, -0.2) is 50.3 Å². The molecule has 1 aromatic carbocycles. The van der Waals surface area contributed by atoms with Crippen LogP contribution in [0.3, 0.4) is 0 Å². The van der Waals surface area contributed by atoms with E-state index in [1.165, 1.54) is 12.1 Å². The Hall–Kier alpha value is -2.93. The van der Waals surface area contributed by atoms with Crippen LogP contribution in [-0.2, 0) is 12.4 Å². The highest BCUT2D eigenvalue weighted by Crippen LogP contribution is 2.50. The van der Waals surface area contributed by atoms with E-state index in [-0.39, 0.29) is 17.8 Å². The molecule has 2 fully saturated rings. The van der Waals surface area contributed by atoms with Crippen LogP contribution in [0.15, 0.2) is 36.4 Å². The molecule has 0 bridgehead atoms. The standard InChI is InChI=1S/C22H20F7N5O/c23-13-3-1-12(2-4-13)14(33-10-20(11-33)6-5-17(20)35)9-30-18-7-15(21(24,25)26)31-19-8-16(22(27,28)29)32-34(18)19/h1-4,7-8,14,17,30,35H,5-6,9-11H2. The third kappa shape index (κ3) is 4.31. The number of fused-ring (bicyclic) bond motifs is 1. The third-order valence-corrected chi connectivity index (χ3v) is 6.84. The molecule has 3 aromatic rings. The van der Waals surface area contributed by atoms with E-state index in [1.807, 2.05) is 4.90 Å². The van der Waals surface area contributed by atoms with Crippen molar-refractivity contribution < 1.29 is 35.8 Å². The molecule has 6 nitrogen and oxygen atoms in total. The van der Waals surface area contributed by atoms with Crippen LogP contribution in [0.25, 0.3) is 5.65 Å².